The molecule has 1 fully saturated rings. The molecule has 0 spiro atoms. The van der Waals surface area contributed by atoms with Gasteiger partial charge in [-0.25, -0.2) is 4.79 Å². The highest BCUT2D eigenvalue weighted by atomic mass is 16.1. The van der Waals surface area contributed by atoms with Crippen molar-refractivity contribution in [1.82, 2.24) is 9.55 Å². The highest BCUT2D eigenvalue weighted by Crippen LogP contribution is 2.36. The second-order valence-electron chi connectivity index (χ2n) is 3.78. The lowest BCUT2D eigenvalue weighted by Gasteiger charge is -2.05. The number of rotatable bonds is 3. The zero-order valence-corrected chi connectivity index (χ0v) is 8.34. The van der Waals surface area contributed by atoms with Crippen LogP contribution in [0.5, 0.6) is 0 Å². The van der Waals surface area contributed by atoms with Crippen LogP contribution >= 0.6 is 0 Å². The smallest absolute Gasteiger partial charge is 0.306 e. The van der Waals surface area contributed by atoms with E-state index in [9.17, 15) is 4.79 Å². The molecule has 3 nitrogen and oxygen atoms in total. The zero-order valence-electron chi connectivity index (χ0n) is 8.34. The number of allylic oxidation sites excluding steroid dienone is 1. The number of aromatic nitrogens is 2. The molecule has 0 amide bonds. The van der Waals surface area contributed by atoms with Gasteiger partial charge >= 0.3 is 5.69 Å². The quantitative estimate of drug-likeness (QED) is 0.779. The summed E-state index contributed by atoms with van der Waals surface area (Å²) < 4.78 is 1.80. The van der Waals surface area contributed by atoms with Gasteiger partial charge in [0.1, 0.15) is 0 Å². The summed E-state index contributed by atoms with van der Waals surface area (Å²) in [7, 11) is 0. The third kappa shape index (κ3) is 1.25. The van der Waals surface area contributed by atoms with E-state index >= 15 is 0 Å². The Labute approximate surface area is 82.8 Å². The first-order valence-electron chi connectivity index (χ1n) is 4.78. The molecule has 1 aromatic rings. The Bertz CT molecular complexity index is 446. The van der Waals surface area contributed by atoms with Gasteiger partial charge in [-0.15, -0.1) is 0 Å². The van der Waals surface area contributed by atoms with Gasteiger partial charge in [0.15, 0.2) is 0 Å². The summed E-state index contributed by atoms with van der Waals surface area (Å²) in [5, 5.41) is 0. The highest BCUT2D eigenvalue weighted by molar-refractivity contribution is 5.67. The highest BCUT2D eigenvalue weighted by Gasteiger charge is 2.28. The molecule has 0 unspecified atom stereocenters. The molecule has 0 atom stereocenters. The lowest BCUT2D eigenvalue weighted by atomic mass is 10.2. The Morgan fingerprint density at radius 2 is 2.29 bits per heavy atom. The van der Waals surface area contributed by atoms with Crippen LogP contribution in [-0.4, -0.2) is 9.55 Å². The topological polar surface area (TPSA) is 37.8 Å². The number of aromatic amines is 1. The lowest BCUT2D eigenvalue weighted by Crippen LogP contribution is -2.16. The maximum absolute atomic E-state index is 11.6. The van der Waals surface area contributed by atoms with Crippen LogP contribution in [0.3, 0.4) is 0 Å². The minimum Gasteiger partial charge on any atom is -0.306 e. The molecule has 14 heavy (non-hydrogen) atoms. The molecule has 0 radical (unpaired) electrons. The third-order valence-corrected chi connectivity index (χ3v) is 2.48. The minimum absolute atomic E-state index is 0.0413. The van der Waals surface area contributed by atoms with Gasteiger partial charge in [-0.1, -0.05) is 13.2 Å². The van der Waals surface area contributed by atoms with Gasteiger partial charge in [0, 0.05) is 6.04 Å². The first kappa shape index (κ1) is 9.06. The van der Waals surface area contributed by atoms with E-state index in [4.69, 9.17) is 0 Å². The second kappa shape index (κ2) is 3.01. The summed E-state index contributed by atoms with van der Waals surface area (Å²) in [5.74, 6) is 0. The van der Waals surface area contributed by atoms with Crippen molar-refractivity contribution in [1.29, 1.82) is 0 Å². The van der Waals surface area contributed by atoms with Crippen molar-refractivity contribution in [3.05, 3.63) is 35.0 Å². The maximum Gasteiger partial charge on any atom is 0.326 e. The number of hydrogen-bond acceptors (Lipinski definition) is 1. The van der Waals surface area contributed by atoms with Gasteiger partial charge in [-0.3, -0.25) is 4.57 Å². The number of imidazole rings is 1. The average molecular weight is 190 g/mol. The van der Waals surface area contributed by atoms with Crippen LogP contribution in [0.15, 0.2) is 18.0 Å². The van der Waals surface area contributed by atoms with E-state index in [0.717, 1.165) is 29.8 Å². The van der Waals surface area contributed by atoms with Crippen molar-refractivity contribution >= 4 is 11.6 Å². The molecular weight excluding hydrogens is 176 g/mol. The van der Waals surface area contributed by atoms with Crippen LogP contribution in [0.1, 0.15) is 37.2 Å². The molecular formula is C11H14N2O. The predicted molar refractivity (Wildman–Crippen MR) is 58.1 cm³/mol. The second-order valence-corrected chi connectivity index (χ2v) is 3.78. The van der Waals surface area contributed by atoms with Crippen LogP contribution in [0, 0.1) is 0 Å². The number of nitrogens with zero attached hydrogens (tertiary/aromatic N) is 1. The molecule has 1 N–H and O–H groups in total. The first-order chi connectivity index (χ1) is 6.65. The predicted octanol–water partition coefficient (Wildman–Crippen LogP) is 2.19. The Hall–Kier alpha value is -1.51. The van der Waals surface area contributed by atoms with Crippen LogP contribution in [0.4, 0.5) is 0 Å². The molecule has 1 aliphatic rings. The Morgan fingerprint density at radius 3 is 2.71 bits per heavy atom. The zero-order chi connectivity index (χ0) is 10.3. The fourth-order valence-electron chi connectivity index (χ4n) is 1.73. The van der Waals surface area contributed by atoms with Crippen LogP contribution in [0.2, 0.25) is 0 Å². The Morgan fingerprint density at radius 1 is 1.64 bits per heavy atom. The van der Waals surface area contributed by atoms with Crippen LogP contribution in [0.25, 0.3) is 11.6 Å². The van der Waals surface area contributed by atoms with Crippen molar-refractivity contribution < 1.29 is 0 Å². The molecule has 2 rings (SSSR count). The van der Waals surface area contributed by atoms with Gasteiger partial charge in [0.05, 0.1) is 11.4 Å². The fraction of sp³-hybridized carbons (Fsp3) is 0.364. The van der Waals surface area contributed by atoms with Crippen molar-refractivity contribution in [2.45, 2.75) is 25.8 Å². The molecule has 74 valence electrons. The van der Waals surface area contributed by atoms with Gasteiger partial charge in [-0.05, 0) is 31.4 Å². The standard InChI is InChI=1S/C11H14N2O/c1-4-9-10(7(2)3)13(8-5-6-8)11(14)12-9/h4,8H,1-2,5-6H2,3H3,(H,12,14). The van der Waals surface area contributed by atoms with E-state index in [2.05, 4.69) is 18.1 Å². The van der Waals surface area contributed by atoms with Crippen molar-refractivity contribution in [2.24, 2.45) is 0 Å². The van der Waals surface area contributed by atoms with Gasteiger partial charge in [0.2, 0.25) is 0 Å². The van der Waals surface area contributed by atoms with Gasteiger partial charge in [0.25, 0.3) is 0 Å². The summed E-state index contributed by atoms with van der Waals surface area (Å²) in [6.07, 6.45) is 3.85. The Balaban J connectivity index is 2.66. The van der Waals surface area contributed by atoms with E-state index in [0.29, 0.717) is 6.04 Å². The van der Waals surface area contributed by atoms with E-state index in [1.54, 1.807) is 10.6 Å². The summed E-state index contributed by atoms with van der Waals surface area (Å²) >= 11 is 0. The molecule has 0 aromatic carbocycles. The monoisotopic (exact) mass is 190 g/mol. The van der Waals surface area contributed by atoms with E-state index in [1.165, 1.54) is 0 Å². The number of H-pyrrole nitrogens is 1. The Kier molecular flexibility index (Phi) is 1.95. The lowest BCUT2D eigenvalue weighted by molar-refractivity contribution is 0.701. The average Bonchev–Trinajstić information content (AvgIpc) is 2.89. The molecule has 1 aliphatic carbocycles. The van der Waals surface area contributed by atoms with E-state index in [1.807, 2.05) is 6.92 Å². The van der Waals surface area contributed by atoms with Crippen molar-refractivity contribution in [2.75, 3.05) is 0 Å². The molecule has 3 heteroatoms. The SMILES string of the molecule is C=Cc1[nH]c(=O)n(C2CC2)c1C(=C)C. The first-order valence-corrected chi connectivity index (χ1v) is 4.78. The summed E-state index contributed by atoms with van der Waals surface area (Å²) in [6.45, 7) is 9.49. The van der Waals surface area contributed by atoms with Crippen LogP contribution in [-0.2, 0) is 0 Å². The largest absolute Gasteiger partial charge is 0.326 e. The summed E-state index contributed by atoms with van der Waals surface area (Å²) in [4.78, 5) is 14.4. The number of nitrogens with one attached hydrogen (secondary N) is 1. The normalized spacial score (nSPS) is 15.5. The molecule has 0 aliphatic heterocycles. The fourth-order valence-corrected chi connectivity index (χ4v) is 1.73. The molecule has 0 bridgehead atoms. The minimum atomic E-state index is -0.0413. The molecule has 1 aromatic heterocycles. The van der Waals surface area contributed by atoms with Crippen LogP contribution < -0.4 is 5.69 Å². The third-order valence-electron chi connectivity index (χ3n) is 2.48. The summed E-state index contributed by atoms with van der Waals surface area (Å²) in [5.41, 5.74) is 2.56. The number of hydrogen-bond donors (Lipinski definition) is 1. The maximum atomic E-state index is 11.6. The van der Waals surface area contributed by atoms with E-state index < -0.39 is 0 Å². The molecule has 1 heterocycles. The van der Waals surface area contributed by atoms with Gasteiger partial charge < -0.3 is 4.98 Å². The van der Waals surface area contributed by atoms with Crippen molar-refractivity contribution in [3.63, 3.8) is 0 Å². The van der Waals surface area contributed by atoms with Gasteiger partial charge in [-0.2, -0.15) is 0 Å². The summed E-state index contributed by atoms with van der Waals surface area (Å²) in [6, 6.07) is 0.374. The molecule has 0 saturated heterocycles. The van der Waals surface area contributed by atoms with E-state index in [-0.39, 0.29) is 5.69 Å². The molecule has 1 saturated carbocycles. The van der Waals surface area contributed by atoms with Crippen molar-refractivity contribution in [3.8, 4) is 0 Å².